The number of carbonyl (C=O) groups excluding carboxylic acids is 1. The van der Waals surface area contributed by atoms with Gasteiger partial charge in [-0.1, -0.05) is 26.7 Å². The van der Waals surface area contributed by atoms with Crippen molar-refractivity contribution in [2.45, 2.75) is 58.9 Å². The number of hydrogen-bond donors (Lipinski definition) is 2. The summed E-state index contributed by atoms with van der Waals surface area (Å²) in [5.74, 6) is 0.319. The van der Waals surface area contributed by atoms with Crippen molar-refractivity contribution in [1.29, 1.82) is 0 Å². The molecule has 0 aromatic heterocycles. The second-order valence-corrected chi connectivity index (χ2v) is 5.26. The van der Waals surface area contributed by atoms with Crippen LogP contribution in [-0.2, 0) is 4.79 Å². The summed E-state index contributed by atoms with van der Waals surface area (Å²) in [4.78, 5) is 12.2. The van der Waals surface area contributed by atoms with Gasteiger partial charge in [-0.2, -0.15) is 0 Å². The highest BCUT2D eigenvalue weighted by atomic mass is 16.3. The van der Waals surface area contributed by atoms with Gasteiger partial charge in [-0.15, -0.1) is 0 Å². The summed E-state index contributed by atoms with van der Waals surface area (Å²) in [7, 11) is 0. The second kappa shape index (κ2) is 5.67. The van der Waals surface area contributed by atoms with E-state index in [4.69, 9.17) is 5.11 Å². The highest BCUT2D eigenvalue weighted by molar-refractivity contribution is 5.83. The lowest BCUT2D eigenvalue weighted by molar-refractivity contribution is -0.132. The molecule has 0 aromatic rings. The first-order valence-corrected chi connectivity index (χ1v) is 6.47. The minimum absolute atomic E-state index is 0.0570. The van der Waals surface area contributed by atoms with Crippen molar-refractivity contribution >= 4 is 5.91 Å². The highest BCUT2D eigenvalue weighted by Gasteiger charge is 2.39. The fourth-order valence-electron chi connectivity index (χ4n) is 2.45. The van der Waals surface area contributed by atoms with Crippen molar-refractivity contribution in [2.75, 3.05) is 6.61 Å². The lowest BCUT2D eigenvalue weighted by Gasteiger charge is -2.29. The van der Waals surface area contributed by atoms with Gasteiger partial charge in [-0.05, 0) is 32.1 Å². The summed E-state index contributed by atoms with van der Waals surface area (Å²) in [5, 5.41) is 12.1. The molecule has 0 aliphatic heterocycles. The Hall–Kier alpha value is -0.570. The van der Waals surface area contributed by atoms with E-state index in [1.165, 1.54) is 12.8 Å². The first kappa shape index (κ1) is 13.5. The van der Waals surface area contributed by atoms with Crippen LogP contribution in [0.5, 0.6) is 0 Å². The van der Waals surface area contributed by atoms with Crippen molar-refractivity contribution in [1.82, 2.24) is 5.32 Å². The molecule has 1 rings (SSSR count). The van der Waals surface area contributed by atoms with Crippen LogP contribution in [0.1, 0.15) is 52.9 Å². The molecule has 0 bridgehead atoms. The van der Waals surface area contributed by atoms with Gasteiger partial charge in [-0.3, -0.25) is 4.79 Å². The third-order valence-electron chi connectivity index (χ3n) is 4.22. The summed E-state index contributed by atoms with van der Waals surface area (Å²) in [6.45, 7) is 6.15. The summed E-state index contributed by atoms with van der Waals surface area (Å²) < 4.78 is 0. The maximum Gasteiger partial charge on any atom is 0.226 e. The fourth-order valence-corrected chi connectivity index (χ4v) is 2.45. The van der Waals surface area contributed by atoms with Crippen LogP contribution < -0.4 is 5.32 Å². The van der Waals surface area contributed by atoms with E-state index in [1.807, 2.05) is 13.8 Å². The fraction of sp³-hybridized carbons (Fsp3) is 0.923. The Balaban J connectivity index is 2.56. The zero-order valence-electron chi connectivity index (χ0n) is 10.8. The first-order chi connectivity index (χ1) is 7.55. The molecule has 1 amide bonds. The number of amides is 1. The average Bonchev–Trinajstić information content (AvgIpc) is 2.77. The van der Waals surface area contributed by atoms with E-state index < -0.39 is 0 Å². The molecule has 1 aliphatic carbocycles. The Kier molecular flexibility index (Phi) is 4.78. The van der Waals surface area contributed by atoms with E-state index in [9.17, 15) is 4.79 Å². The number of rotatable bonds is 5. The zero-order valence-corrected chi connectivity index (χ0v) is 10.8. The van der Waals surface area contributed by atoms with Gasteiger partial charge in [-0.25, -0.2) is 0 Å². The van der Waals surface area contributed by atoms with Gasteiger partial charge < -0.3 is 10.4 Å². The van der Waals surface area contributed by atoms with Gasteiger partial charge in [0.15, 0.2) is 0 Å². The van der Waals surface area contributed by atoms with Crippen LogP contribution in [0.15, 0.2) is 0 Å². The Morgan fingerprint density at radius 1 is 1.38 bits per heavy atom. The van der Waals surface area contributed by atoms with Crippen LogP contribution in [-0.4, -0.2) is 23.7 Å². The normalized spacial score (nSPS) is 22.8. The second-order valence-electron chi connectivity index (χ2n) is 5.26. The molecule has 1 fully saturated rings. The topological polar surface area (TPSA) is 49.3 Å². The SMILES string of the molecule is CCC1(C(=O)NC(C)C(C)CO)CCCC1. The minimum Gasteiger partial charge on any atom is -0.396 e. The number of hydrogen-bond acceptors (Lipinski definition) is 2. The first-order valence-electron chi connectivity index (χ1n) is 6.47. The number of nitrogens with one attached hydrogen (secondary N) is 1. The van der Waals surface area contributed by atoms with Crippen molar-refractivity contribution in [2.24, 2.45) is 11.3 Å². The van der Waals surface area contributed by atoms with Crippen LogP contribution in [0.3, 0.4) is 0 Å². The van der Waals surface area contributed by atoms with Gasteiger partial charge in [0.1, 0.15) is 0 Å². The summed E-state index contributed by atoms with van der Waals surface area (Å²) in [6, 6.07) is 0.0570. The van der Waals surface area contributed by atoms with Crippen LogP contribution >= 0.6 is 0 Å². The van der Waals surface area contributed by atoms with Gasteiger partial charge in [0.2, 0.25) is 5.91 Å². The minimum atomic E-state index is -0.122. The molecule has 0 spiro atoms. The Bertz CT molecular complexity index is 234. The summed E-state index contributed by atoms with van der Waals surface area (Å²) >= 11 is 0. The number of aliphatic hydroxyl groups excluding tert-OH is 1. The molecule has 1 saturated carbocycles. The molecule has 3 nitrogen and oxygen atoms in total. The van der Waals surface area contributed by atoms with Gasteiger partial charge in [0.25, 0.3) is 0 Å². The molecular formula is C13H25NO2. The van der Waals surface area contributed by atoms with Crippen molar-refractivity contribution < 1.29 is 9.90 Å². The monoisotopic (exact) mass is 227 g/mol. The van der Waals surface area contributed by atoms with E-state index in [-0.39, 0.29) is 29.9 Å². The standard InChI is InChI=1S/C13H25NO2/c1-4-13(7-5-6-8-13)12(16)14-11(3)10(2)9-15/h10-11,15H,4-9H2,1-3H3,(H,14,16). The molecule has 0 saturated heterocycles. The van der Waals surface area contributed by atoms with Crippen LogP contribution in [0.25, 0.3) is 0 Å². The molecule has 0 aromatic carbocycles. The molecule has 2 atom stereocenters. The lowest BCUT2D eigenvalue weighted by atomic mass is 9.82. The molecule has 1 aliphatic rings. The number of aliphatic hydroxyl groups is 1. The van der Waals surface area contributed by atoms with Crippen LogP contribution in [0.2, 0.25) is 0 Å². The third kappa shape index (κ3) is 2.76. The average molecular weight is 227 g/mol. The Morgan fingerprint density at radius 2 is 1.94 bits per heavy atom. The van der Waals surface area contributed by atoms with Crippen LogP contribution in [0, 0.1) is 11.3 Å². The van der Waals surface area contributed by atoms with Crippen molar-refractivity contribution in [3.05, 3.63) is 0 Å². The predicted octanol–water partition coefficient (Wildman–Crippen LogP) is 2.09. The maximum atomic E-state index is 12.2. The predicted molar refractivity (Wildman–Crippen MR) is 65.0 cm³/mol. The van der Waals surface area contributed by atoms with Gasteiger partial charge >= 0.3 is 0 Å². The van der Waals surface area contributed by atoms with E-state index in [2.05, 4.69) is 12.2 Å². The molecule has 0 radical (unpaired) electrons. The van der Waals surface area contributed by atoms with Gasteiger partial charge in [0, 0.05) is 18.1 Å². The maximum absolute atomic E-state index is 12.2. The largest absolute Gasteiger partial charge is 0.396 e. The van der Waals surface area contributed by atoms with E-state index in [0.29, 0.717) is 0 Å². The van der Waals surface area contributed by atoms with Crippen molar-refractivity contribution in [3.8, 4) is 0 Å². The van der Waals surface area contributed by atoms with E-state index in [1.54, 1.807) is 0 Å². The van der Waals surface area contributed by atoms with E-state index >= 15 is 0 Å². The van der Waals surface area contributed by atoms with Crippen LogP contribution in [0.4, 0.5) is 0 Å². The zero-order chi connectivity index (χ0) is 12.2. The molecule has 0 heterocycles. The number of carbonyl (C=O) groups is 1. The molecule has 2 N–H and O–H groups in total. The lowest BCUT2D eigenvalue weighted by Crippen LogP contribution is -2.46. The smallest absolute Gasteiger partial charge is 0.226 e. The molecule has 94 valence electrons. The molecule has 16 heavy (non-hydrogen) atoms. The molecule has 3 heteroatoms. The van der Waals surface area contributed by atoms with Gasteiger partial charge in [0.05, 0.1) is 0 Å². The third-order valence-corrected chi connectivity index (χ3v) is 4.22. The summed E-state index contributed by atoms with van der Waals surface area (Å²) in [5.41, 5.74) is -0.122. The quantitative estimate of drug-likeness (QED) is 0.755. The van der Waals surface area contributed by atoms with Crippen molar-refractivity contribution in [3.63, 3.8) is 0 Å². The Labute approximate surface area is 98.6 Å². The highest BCUT2D eigenvalue weighted by Crippen LogP contribution is 2.41. The molecular weight excluding hydrogens is 202 g/mol. The Morgan fingerprint density at radius 3 is 2.38 bits per heavy atom. The van der Waals surface area contributed by atoms with E-state index in [0.717, 1.165) is 19.3 Å². The summed E-state index contributed by atoms with van der Waals surface area (Å²) in [6.07, 6.45) is 5.32. The molecule has 2 unspecified atom stereocenters.